The number of hydrogen-bond acceptors (Lipinski definition) is 6. The van der Waals surface area contributed by atoms with Gasteiger partial charge in [0.25, 0.3) is 0 Å². The van der Waals surface area contributed by atoms with Gasteiger partial charge < -0.3 is 14.0 Å². The second-order valence-electron chi connectivity index (χ2n) is 8.14. The number of Topliss-reactive ketones (excluding diaryl/α,β-unsaturated/α-hetero) is 1. The normalized spacial score (nSPS) is 19.7. The Labute approximate surface area is 182 Å². The number of sulfonamides is 1. The highest BCUT2D eigenvalue weighted by molar-refractivity contribution is 7.89. The third-order valence-corrected chi connectivity index (χ3v) is 7.27. The monoisotopic (exact) mass is 448 g/mol. The van der Waals surface area contributed by atoms with Gasteiger partial charge in [0, 0.05) is 26.3 Å². The molecular weight excluding hydrogens is 420 g/mol. The quantitative estimate of drug-likeness (QED) is 0.477. The summed E-state index contributed by atoms with van der Waals surface area (Å²) in [4.78, 5) is 24.7. The predicted octanol–water partition coefficient (Wildman–Crippen LogP) is 2.74. The predicted molar refractivity (Wildman–Crippen MR) is 115 cm³/mol. The molecule has 2 heterocycles. The van der Waals surface area contributed by atoms with E-state index in [-0.39, 0.29) is 33.8 Å². The van der Waals surface area contributed by atoms with E-state index in [1.807, 2.05) is 13.8 Å². The van der Waals surface area contributed by atoms with Crippen molar-refractivity contribution in [2.24, 2.45) is 18.9 Å². The Balaban J connectivity index is 1.82. The van der Waals surface area contributed by atoms with Crippen LogP contribution in [-0.2, 0) is 21.8 Å². The molecule has 1 aliphatic rings. The largest absolute Gasteiger partial charge is 0.495 e. The van der Waals surface area contributed by atoms with Crippen LogP contribution in [-0.4, -0.2) is 55.8 Å². The Bertz CT molecular complexity index is 1070. The fourth-order valence-electron chi connectivity index (χ4n) is 3.99. The molecule has 1 aromatic carbocycles. The number of hydrogen-bond donors (Lipinski definition) is 0. The van der Waals surface area contributed by atoms with Gasteiger partial charge in [0.05, 0.1) is 18.4 Å². The number of ether oxygens (including phenoxy) is 2. The SMILES string of the molecule is COc1ccc(C(=O)OCC(=O)c2cccn2C)cc1S(=O)(=O)N1CC(C)CC(C)C1. The van der Waals surface area contributed by atoms with Crippen LogP contribution in [0.4, 0.5) is 0 Å². The number of esters is 1. The van der Waals surface area contributed by atoms with Crippen molar-refractivity contribution >= 4 is 21.8 Å². The maximum atomic E-state index is 13.3. The van der Waals surface area contributed by atoms with E-state index in [2.05, 4.69) is 0 Å². The molecule has 0 radical (unpaired) electrons. The molecule has 9 heteroatoms. The van der Waals surface area contributed by atoms with Crippen LogP contribution in [0.15, 0.2) is 41.4 Å². The van der Waals surface area contributed by atoms with E-state index in [0.717, 1.165) is 6.42 Å². The van der Waals surface area contributed by atoms with Gasteiger partial charge >= 0.3 is 5.97 Å². The van der Waals surface area contributed by atoms with E-state index in [0.29, 0.717) is 18.8 Å². The van der Waals surface area contributed by atoms with Crippen molar-refractivity contribution in [3.63, 3.8) is 0 Å². The van der Waals surface area contributed by atoms with Gasteiger partial charge in [-0.1, -0.05) is 13.8 Å². The van der Waals surface area contributed by atoms with Gasteiger partial charge in [0.1, 0.15) is 10.6 Å². The van der Waals surface area contributed by atoms with Crippen LogP contribution in [0.3, 0.4) is 0 Å². The number of nitrogens with zero attached hydrogens (tertiary/aromatic N) is 2. The summed E-state index contributed by atoms with van der Waals surface area (Å²) in [6.45, 7) is 4.43. The lowest BCUT2D eigenvalue weighted by Gasteiger charge is -2.34. The molecule has 1 fully saturated rings. The summed E-state index contributed by atoms with van der Waals surface area (Å²) in [5, 5.41) is 0. The molecule has 8 nitrogen and oxygen atoms in total. The second kappa shape index (κ2) is 9.23. The third-order valence-electron chi connectivity index (χ3n) is 5.42. The lowest BCUT2D eigenvalue weighted by molar-refractivity contribution is 0.0472. The molecule has 0 bridgehead atoms. The summed E-state index contributed by atoms with van der Waals surface area (Å²) in [7, 11) is -0.767. The molecule has 2 unspecified atom stereocenters. The third kappa shape index (κ3) is 4.99. The zero-order chi connectivity index (χ0) is 22.8. The van der Waals surface area contributed by atoms with Gasteiger partial charge in [0.15, 0.2) is 6.61 Å². The molecule has 1 aromatic heterocycles. The smallest absolute Gasteiger partial charge is 0.338 e. The van der Waals surface area contributed by atoms with Crippen LogP contribution >= 0.6 is 0 Å². The first kappa shape index (κ1) is 23.0. The summed E-state index contributed by atoms with van der Waals surface area (Å²) in [5.74, 6) is -0.495. The van der Waals surface area contributed by atoms with E-state index in [9.17, 15) is 18.0 Å². The van der Waals surface area contributed by atoms with Crippen LogP contribution in [0.2, 0.25) is 0 Å². The number of aromatic nitrogens is 1. The zero-order valence-electron chi connectivity index (χ0n) is 18.2. The minimum atomic E-state index is -3.87. The highest BCUT2D eigenvalue weighted by Crippen LogP contribution is 2.32. The number of methoxy groups -OCH3 is 1. The van der Waals surface area contributed by atoms with Crippen LogP contribution in [0.1, 0.15) is 41.1 Å². The van der Waals surface area contributed by atoms with Gasteiger partial charge in [-0.15, -0.1) is 0 Å². The molecule has 168 valence electrons. The number of aryl methyl sites for hydroxylation is 1. The number of piperidine rings is 1. The molecule has 0 N–H and O–H groups in total. The van der Waals surface area contributed by atoms with E-state index in [1.54, 1.807) is 29.9 Å². The Kier molecular flexibility index (Phi) is 6.86. The number of carbonyl (C=O) groups is 2. The summed E-state index contributed by atoms with van der Waals surface area (Å²) in [6.07, 6.45) is 2.68. The Morgan fingerprint density at radius 3 is 2.39 bits per heavy atom. The Hall–Kier alpha value is -2.65. The Morgan fingerprint density at radius 1 is 1.13 bits per heavy atom. The standard InChI is InChI=1S/C22H28N2O6S/c1-15-10-16(2)13-24(12-15)31(27,28)21-11-17(7-8-20(21)29-4)22(26)30-14-19(25)18-6-5-9-23(18)3/h5-9,11,15-16H,10,12-14H2,1-4H3. The number of benzene rings is 1. The molecule has 0 aliphatic carbocycles. The molecule has 0 amide bonds. The van der Waals surface area contributed by atoms with Gasteiger partial charge in [-0.25, -0.2) is 13.2 Å². The van der Waals surface area contributed by atoms with Gasteiger partial charge in [-0.3, -0.25) is 4.79 Å². The lowest BCUT2D eigenvalue weighted by atomic mass is 9.94. The topological polar surface area (TPSA) is 94.9 Å². The van der Waals surface area contributed by atoms with Gasteiger partial charge in [-0.05, 0) is 48.6 Å². The highest BCUT2D eigenvalue weighted by Gasteiger charge is 2.34. The summed E-state index contributed by atoms with van der Waals surface area (Å²) < 4.78 is 40.1. The Morgan fingerprint density at radius 2 is 1.81 bits per heavy atom. The molecule has 3 rings (SSSR count). The highest BCUT2D eigenvalue weighted by atomic mass is 32.2. The van der Waals surface area contributed by atoms with Crippen molar-refractivity contribution in [1.82, 2.24) is 8.87 Å². The lowest BCUT2D eigenvalue weighted by Crippen LogP contribution is -2.42. The van der Waals surface area contributed by atoms with Crippen molar-refractivity contribution in [2.45, 2.75) is 25.2 Å². The van der Waals surface area contributed by atoms with E-state index < -0.39 is 22.6 Å². The average Bonchev–Trinajstić information content (AvgIpc) is 3.16. The molecule has 2 aromatic rings. The molecule has 2 atom stereocenters. The first-order valence-electron chi connectivity index (χ1n) is 10.1. The minimum Gasteiger partial charge on any atom is -0.495 e. The maximum Gasteiger partial charge on any atom is 0.338 e. The van der Waals surface area contributed by atoms with Crippen LogP contribution in [0.25, 0.3) is 0 Å². The van der Waals surface area contributed by atoms with Crippen molar-refractivity contribution < 1.29 is 27.5 Å². The molecule has 0 saturated carbocycles. The summed E-state index contributed by atoms with van der Waals surface area (Å²) >= 11 is 0. The number of ketones is 1. The minimum absolute atomic E-state index is 0.0390. The first-order valence-corrected chi connectivity index (χ1v) is 11.6. The van der Waals surface area contributed by atoms with Crippen molar-refractivity contribution in [2.75, 3.05) is 26.8 Å². The maximum absolute atomic E-state index is 13.3. The van der Waals surface area contributed by atoms with E-state index >= 15 is 0 Å². The zero-order valence-corrected chi connectivity index (χ0v) is 19.0. The number of rotatable bonds is 7. The average molecular weight is 449 g/mol. The summed E-state index contributed by atoms with van der Waals surface area (Å²) in [5.41, 5.74) is 0.455. The van der Waals surface area contributed by atoms with E-state index in [1.165, 1.54) is 29.6 Å². The second-order valence-corrected chi connectivity index (χ2v) is 10.0. The molecule has 31 heavy (non-hydrogen) atoms. The fraction of sp³-hybridized carbons (Fsp3) is 0.455. The molecular formula is C22H28N2O6S. The van der Waals surface area contributed by atoms with E-state index in [4.69, 9.17) is 9.47 Å². The summed E-state index contributed by atoms with van der Waals surface area (Å²) in [6, 6.07) is 7.47. The molecule has 1 aliphatic heterocycles. The molecule has 1 saturated heterocycles. The molecule has 0 spiro atoms. The fourth-order valence-corrected chi connectivity index (χ4v) is 5.85. The van der Waals surface area contributed by atoms with Crippen molar-refractivity contribution in [3.8, 4) is 5.75 Å². The van der Waals surface area contributed by atoms with Crippen LogP contribution in [0, 0.1) is 11.8 Å². The first-order chi connectivity index (χ1) is 14.6. The van der Waals surface area contributed by atoms with Crippen LogP contribution < -0.4 is 4.74 Å². The van der Waals surface area contributed by atoms with Crippen LogP contribution in [0.5, 0.6) is 5.75 Å². The van der Waals surface area contributed by atoms with Gasteiger partial charge in [-0.2, -0.15) is 4.31 Å². The van der Waals surface area contributed by atoms with Gasteiger partial charge in [0.2, 0.25) is 15.8 Å². The van der Waals surface area contributed by atoms with Crippen molar-refractivity contribution in [3.05, 3.63) is 47.8 Å². The van der Waals surface area contributed by atoms with Crippen molar-refractivity contribution in [1.29, 1.82) is 0 Å². The number of carbonyl (C=O) groups excluding carboxylic acids is 2.